The van der Waals surface area contributed by atoms with Crippen LogP contribution in [0.25, 0.3) is 0 Å². The largest absolute Gasteiger partial charge is 0.445 e. The number of aromatic nitrogens is 2. The van der Waals surface area contributed by atoms with Crippen molar-refractivity contribution < 1.29 is 9.53 Å². The number of likely N-dealkylation sites (tertiary alicyclic amines) is 1. The topological polar surface area (TPSA) is 70.2 Å². The Labute approximate surface area is 143 Å². The van der Waals surface area contributed by atoms with Gasteiger partial charge in [-0.1, -0.05) is 24.3 Å². The van der Waals surface area contributed by atoms with Gasteiger partial charge in [-0.3, -0.25) is 5.10 Å². The lowest BCUT2D eigenvalue weighted by Crippen LogP contribution is -2.48. The van der Waals surface area contributed by atoms with E-state index < -0.39 is 0 Å². The van der Waals surface area contributed by atoms with Crippen LogP contribution < -0.4 is 5.32 Å². The number of hydrogen-bond donors (Lipinski definition) is 2. The van der Waals surface area contributed by atoms with Crippen molar-refractivity contribution >= 4 is 34.8 Å². The minimum atomic E-state index is -0.298. The summed E-state index contributed by atoms with van der Waals surface area (Å²) in [6.45, 7) is 5.72. The Hall–Kier alpha value is -1.99. The summed E-state index contributed by atoms with van der Waals surface area (Å²) in [5.74, 6) is 1.06. The van der Waals surface area contributed by atoms with E-state index in [2.05, 4.69) is 22.1 Å². The average Bonchev–Trinajstić information content (AvgIpc) is 3.10. The second-order valence-electron chi connectivity index (χ2n) is 5.24. The molecule has 0 radical (unpaired) electrons. The molecule has 0 aliphatic carbocycles. The van der Waals surface area contributed by atoms with Crippen molar-refractivity contribution in [3.05, 3.63) is 45.8 Å². The Balaban J connectivity index is 1.47. The standard InChI is InChI=1S/C15H17ClN4O2S/c1-2-5-22-15(21)20-8-10(9-20)12-6-14(19-18-12)17-7-11-3-4-13(16)23-11/h2-4,6,10H,1,5,7-9H2,(H2,17,18,19). The quantitative estimate of drug-likeness (QED) is 0.781. The predicted molar refractivity (Wildman–Crippen MR) is 91.1 cm³/mol. The van der Waals surface area contributed by atoms with Crippen LogP contribution >= 0.6 is 22.9 Å². The lowest BCUT2D eigenvalue weighted by atomic mass is 9.97. The van der Waals surface area contributed by atoms with E-state index in [1.54, 1.807) is 22.3 Å². The van der Waals surface area contributed by atoms with Crippen LogP contribution in [0.3, 0.4) is 0 Å². The molecular weight excluding hydrogens is 336 g/mol. The smallest absolute Gasteiger partial charge is 0.410 e. The van der Waals surface area contributed by atoms with Gasteiger partial charge in [0, 0.05) is 35.6 Å². The minimum absolute atomic E-state index is 0.241. The first kappa shape index (κ1) is 15.9. The van der Waals surface area contributed by atoms with Crippen LogP contribution in [0.2, 0.25) is 4.34 Å². The lowest BCUT2D eigenvalue weighted by molar-refractivity contribution is 0.0784. The molecule has 0 aromatic carbocycles. The van der Waals surface area contributed by atoms with Gasteiger partial charge in [-0.15, -0.1) is 11.3 Å². The molecule has 1 aliphatic rings. The predicted octanol–water partition coefficient (Wildman–Crippen LogP) is 3.46. The Kier molecular flexibility index (Phi) is 4.88. The summed E-state index contributed by atoms with van der Waals surface area (Å²) < 4.78 is 5.78. The third-order valence-corrected chi connectivity index (χ3v) is 4.81. The van der Waals surface area contributed by atoms with Crippen LogP contribution in [0.5, 0.6) is 0 Å². The molecule has 1 fully saturated rings. The highest BCUT2D eigenvalue weighted by molar-refractivity contribution is 7.16. The number of rotatable bonds is 6. The normalized spacial score (nSPS) is 14.4. The molecule has 2 aromatic heterocycles. The van der Waals surface area contributed by atoms with Gasteiger partial charge in [-0.25, -0.2) is 4.79 Å². The zero-order valence-corrected chi connectivity index (χ0v) is 14.0. The fourth-order valence-electron chi connectivity index (χ4n) is 2.31. The number of ether oxygens (including phenoxy) is 1. The van der Waals surface area contributed by atoms with Crippen molar-refractivity contribution in [3.63, 3.8) is 0 Å². The number of aromatic amines is 1. The third-order valence-electron chi connectivity index (χ3n) is 3.57. The van der Waals surface area contributed by atoms with Crippen molar-refractivity contribution in [1.29, 1.82) is 0 Å². The number of nitrogens with one attached hydrogen (secondary N) is 2. The van der Waals surface area contributed by atoms with Gasteiger partial charge in [0.1, 0.15) is 12.4 Å². The highest BCUT2D eigenvalue weighted by Crippen LogP contribution is 2.28. The van der Waals surface area contributed by atoms with Crippen LogP contribution in [-0.2, 0) is 11.3 Å². The van der Waals surface area contributed by atoms with Gasteiger partial charge in [0.15, 0.2) is 0 Å². The molecule has 1 saturated heterocycles. The molecule has 0 spiro atoms. The monoisotopic (exact) mass is 352 g/mol. The second-order valence-corrected chi connectivity index (χ2v) is 7.04. The van der Waals surface area contributed by atoms with Gasteiger partial charge in [0.2, 0.25) is 0 Å². The van der Waals surface area contributed by atoms with E-state index >= 15 is 0 Å². The van der Waals surface area contributed by atoms with E-state index in [-0.39, 0.29) is 18.6 Å². The molecule has 0 unspecified atom stereocenters. The molecule has 23 heavy (non-hydrogen) atoms. The number of nitrogens with zero attached hydrogens (tertiary/aromatic N) is 2. The summed E-state index contributed by atoms with van der Waals surface area (Å²) in [5, 5.41) is 10.5. The second kappa shape index (κ2) is 7.06. The first-order valence-electron chi connectivity index (χ1n) is 7.21. The molecule has 1 aliphatic heterocycles. The van der Waals surface area contributed by atoms with Crippen LogP contribution in [0.1, 0.15) is 16.5 Å². The van der Waals surface area contributed by atoms with Crippen LogP contribution in [0, 0.1) is 0 Å². The SMILES string of the molecule is C=CCOC(=O)N1CC(c2cc(NCc3ccc(Cl)s3)n[nH]2)C1. The van der Waals surface area contributed by atoms with Crippen LogP contribution in [-0.4, -0.2) is 40.9 Å². The molecule has 2 aromatic rings. The number of amides is 1. The van der Waals surface area contributed by atoms with E-state index in [1.165, 1.54) is 0 Å². The van der Waals surface area contributed by atoms with Crippen LogP contribution in [0.15, 0.2) is 30.9 Å². The summed E-state index contributed by atoms with van der Waals surface area (Å²) in [5.41, 5.74) is 1.02. The number of carbonyl (C=O) groups is 1. The van der Waals surface area contributed by atoms with E-state index in [1.807, 2.05) is 18.2 Å². The Morgan fingerprint density at radius 1 is 1.61 bits per heavy atom. The number of hydrogen-bond acceptors (Lipinski definition) is 5. The van der Waals surface area contributed by atoms with Crippen molar-refractivity contribution in [2.24, 2.45) is 0 Å². The Morgan fingerprint density at radius 3 is 3.13 bits per heavy atom. The Bertz CT molecular complexity index is 693. The molecule has 0 saturated carbocycles. The van der Waals surface area contributed by atoms with Gasteiger partial charge >= 0.3 is 6.09 Å². The fraction of sp³-hybridized carbons (Fsp3) is 0.333. The molecule has 3 rings (SSSR count). The summed E-state index contributed by atoms with van der Waals surface area (Å²) in [6.07, 6.45) is 1.26. The third kappa shape index (κ3) is 3.86. The zero-order chi connectivity index (χ0) is 16.2. The van der Waals surface area contributed by atoms with Gasteiger partial charge in [-0.2, -0.15) is 5.10 Å². The van der Waals surface area contributed by atoms with Crippen LogP contribution in [0.4, 0.5) is 10.6 Å². The fourth-order valence-corrected chi connectivity index (χ4v) is 3.33. The summed E-state index contributed by atoms with van der Waals surface area (Å²) >= 11 is 7.45. The maximum absolute atomic E-state index is 11.6. The lowest BCUT2D eigenvalue weighted by Gasteiger charge is -2.37. The highest BCUT2D eigenvalue weighted by atomic mass is 35.5. The van der Waals surface area contributed by atoms with E-state index in [4.69, 9.17) is 16.3 Å². The van der Waals surface area contributed by atoms with E-state index in [0.717, 1.165) is 20.7 Å². The maximum atomic E-state index is 11.6. The molecule has 6 nitrogen and oxygen atoms in total. The number of thiophene rings is 1. The highest BCUT2D eigenvalue weighted by Gasteiger charge is 2.33. The molecule has 2 N–H and O–H groups in total. The molecule has 0 atom stereocenters. The molecule has 1 amide bonds. The van der Waals surface area contributed by atoms with Gasteiger partial charge in [-0.05, 0) is 12.1 Å². The van der Waals surface area contributed by atoms with Crippen molar-refractivity contribution in [1.82, 2.24) is 15.1 Å². The number of H-pyrrole nitrogens is 1. The van der Waals surface area contributed by atoms with Gasteiger partial charge in [0.25, 0.3) is 0 Å². The van der Waals surface area contributed by atoms with Crippen molar-refractivity contribution in [2.45, 2.75) is 12.5 Å². The summed E-state index contributed by atoms with van der Waals surface area (Å²) in [6, 6.07) is 5.85. The van der Waals surface area contributed by atoms with Gasteiger partial charge < -0.3 is 15.0 Å². The molecule has 8 heteroatoms. The number of carbonyl (C=O) groups excluding carboxylic acids is 1. The minimum Gasteiger partial charge on any atom is -0.445 e. The maximum Gasteiger partial charge on any atom is 0.410 e. The Morgan fingerprint density at radius 2 is 2.43 bits per heavy atom. The molecule has 0 bridgehead atoms. The first-order valence-corrected chi connectivity index (χ1v) is 8.41. The van der Waals surface area contributed by atoms with Gasteiger partial charge in [0.05, 0.1) is 10.9 Å². The number of halogens is 1. The molecule has 122 valence electrons. The molecular formula is C15H17ClN4O2S. The average molecular weight is 353 g/mol. The summed E-state index contributed by atoms with van der Waals surface area (Å²) in [7, 11) is 0. The summed E-state index contributed by atoms with van der Waals surface area (Å²) in [4.78, 5) is 14.5. The zero-order valence-electron chi connectivity index (χ0n) is 12.4. The van der Waals surface area contributed by atoms with Crippen molar-refractivity contribution in [2.75, 3.05) is 25.0 Å². The van der Waals surface area contributed by atoms with Crippen molar-refractivity contribution in [3.8, 4) is 0 Å². The first-order chi connectivity index (χ1) is 11.2. The molecule has 3 heterocycles. The van der Waals surface area contributed by atoms with E-state index in [0.29, 0.717) is 19.6 Å². The van der Waals surface area contributed by atoms with E-state index in [9.17, 15) is 4.79 Å². The number of anilines is 1.